The average molecular weight is 826 g/mol. The van der Waals surface area contributed by atoms with Crippen LogP contribution >= 0.6 is 0 Å². The number of aromatic amines is 2. The van der Waals surface area contributed by atoms with Crippen LogP contribution in [-0.2, 0) is 12.8 Å². The Morgan fingerprint density at radius 3 is 1.68 bits per heavy atom. The topological polar surface area (TPSA) is 122 Å². The number of H-pyrrole nitrogens is 2. The second kappa shape index (κ2) is 17.0. The number of aryl methyl sites for hydroxylation is 2. The Balaban J connectivity index is 0.000000158. The molecule has 0 radical (unpaired) electrons. The van der Waals surface area contributed by atoms with Gasteiger partial charge >= 0.3 is 0 Å². The van der Waals surface area contributed by atoms with E-state index in [1.54, 1.807) is 30.7 Å². The first-order chi connectivity index (χ1) is 30.1. The van der Waals surface area contributed by atoms with Crippen LogP contribution in [0.15, 0.2) is 140 Å². The van der Waals surface area contributed by atoms with Gasteiger partial charge in [-0.05, 0) is 91.7 Å². The van der Waals surface area contributed by atoms with Crippen molar-refractivity contribution in [3.05, 3.63) is 197 Å². The number of hydrogen-bond acceptors (Lipinski definition) is 7. The molecule has 0 aliphatic heterocycles. The summed E-state index contributed by atoms with van der Waals surface area (Å²) in [6.45, 7) is 3.84. The largest absolute Gasteiger partial charge is 0.340 e. The van der Waals surface area contributed by atoms with Crippen molar-refractivity contribution < 1.29 is 17.6 Å². The number of hydrogen-bond donors (Lipinski definition) is 2. The van der Waals surface area contributed by atoms with Gasteiger partial charge in [0.1, 0.15) is 23.3 Å². The second-order valence-corrected chi connectivity index (χ2v) is 14.6. The molecular formula is C49H35F4N9. The van der Waals surface area contributed by atoms with Gasteiger partial charge in [-0.15, -0.1) is 0 Å². The summed E-state index contributed by atoms with van der Waals surface area (Å²) in [5, 5.41) is 0.948. The number of fused-ring (bicyclic) bond motifs is 2. The van der Waals surface area contributed by atoms with Gasteiger partial charge in [-0.1, -0.05) is 48.5 Å². The van der Waals surface area contributed by atoms with E-state index >= 15 is 0 Å². The number of aromatic nitrogens is 9. The van der Waals surface area contributed by atoms with Crippen LogP contribution in [0.5, 0.6) is 0 Å². The molecule has 0 unspecified atom stereocenters. The Morgan fingerprint density at radius 1 is 0.435 bits per heavy atom. The Kier molecular flexibility index (Phi) is 10.8. The summed E-state index contributed by atoms with van der Waals surface area (Å²) < 4.78 is 55.4. The summed E-state index contributed by atoms with van der Waals surface area (Å²) >= 11 is 0. The van der Waals surface area contributed by atoms with Crippen LogP contribution in [0.4, 0.5) is 17.6 Å². The SMILES string of the molecule is Cc1cccc(-c2[nH]c(Cc3cc(F)c(F)cc3F)nc2-c2ccc3ncccc3c2)n1.Cc1cccc(-c2[nH]c(Cc3ccccc3F)nc2-c2ccc3nccnc3c2)n1. The summed E-state index contributed by atoms with van der Waals surface area (Å²) in [7, 11) is 0. The molecule has 0 atom stereocenters. The van der Waals surface area contributed by atoms with Crippen molar-refractivity contribution in [3.63, 3.8) is 0 Å². The van der Waals surface area contributed by atoms with E-state index in [9.17, 15) is 17.6 Å². The minimum absolute atomic E-state index is 0.00987. The summed E-state index contributed by atoms with van der Waals surface area (Å²) in [6.07, 6.45) is 5.40. The van der Waals surface area contributed by atoms with Gasteiger partial charge in [-0.2, -0.15) is 0 Å². The fourth-order valence-electron chi connectivity index (χ4n) is 7.20. The molecule has 6 heterocycles. The zero-order valence-corrected chi connectivity index (χ0v) is 33.3. The molecule has 13 heteroatoms. The maximum absolute atomic E-state index is 14.2. The van der Waals surface area contributed by atoms with Gasteiger partial charge in [0, 0.05) is 65.4 Å². The molecule has 9 nitrogen and oxygen atoms in total. The molecule has 0 saturated heterocycles. The lowest BCUT2D eigenvalue weighted by Crippen LogP contribution is -1.98. The first-order valence-electron chi connectivity index (χ1n) is 19.6. The van der Waals surface area contributed by atoms with E-state index in [-0.39, 0.29) is 17.8 Å². The highest BCUT2D eigenvalue weighted by atomic mass is 19.2. The van der Waals surface area contributed by atoms with E-state index in [0.29, 0.717) is 46.8 Å². The third kappa shape index (κ3) is 8.41. The van der Waals surface area contributed by atoms with E-state index in [1.807, 2.05) is 105 Å². The number of nitrogens with zero attached hydrogens (tertiary/aromatic N) is 7. The van der Waals surface area contributed by atoms with E-state index < -0.39 is 17.5 Å². The van der Waals surface area contributed by atoms with Crippen molar-refractivity contribution in [1.82, 2.24) is 44.9 Å². The first-order valence-corrected chi connectivity index (χ1v) is 19.6. The van der Waals surface area contributed by atoms with Gasteiger partial charge in [0.05, 0.1) is 50.7 Å². The molecule has 10 rings (SSSR count). The molecule has 0 amide bonds. The van der Waals surface area contributed by atoms with Crippen LogP contribution in [0.3, 0.4) is 0 Å². The first kappa shape index (κ1) is 39.5. The molecule has 0 aliphatic carbocycles. The van der Waals surface area contributed by atoms with E-state index in [0.717, 1.165) is 67.6 Å². The van der Waals surface area contributed by atoms with Gasteiger partial charge < -0.3 is 9.97 Å². The zero-order valence-electron chi connectivity index (χ0n) is 33.3. The standard InChI is InChI=1S/C25H17F3N4.C24H18FN5/c1-14-4-2-6-22(30-14)25-24(16-7-8-21-15(10-16)5-3-9-29-21)31-23(32-25)12-17-11-19(27)20(28)13-18(17)26;1-15-5-4-8-20(28-15)24-23(17-9-10-19-21(13-17)27-12-11-26-19)29-22(30-24)14-16-6-2-3-7-18(16)25/h2-11,13H,12H2,1H3,(H,31,32);2-13H,14H2,1H3,(H,29,30). The molecule has 304 valence electrons. The van der Waals surface area contributed by atoms with Crippen molar-refractivity contribution in [2.45, 2.75) is 26.7 Å². The zero-order chi connectivity index (χ0) is 42.7. The van der Waals surface area contributed by atoms with Crippen molar-refractivity contribution in [2.75, 3.05) is 0 Å². The molecule has 10 aromatic rings. The Hall–Kier alpha value is -7.93. The number of halogens is 4. The van der Waals surface area contributed by atoms with E-state index in [1.165, 1.54) is 6.07 Å². The molecule has 0 fully saturated rings. The predicted octanol–water partition coefficient (Wildman–Crippen LogP) is 11.1. The maximum atomic E-state index is 14.2. The van der Waals surface area contributed by atoms with Crippen LogP contribution in [0, 0.1) is 37.1 Å². The van der Waals surface area contributed by atoms with Crippen LogP contribution in [0.1, 0.15) is 34.2 Å². The molecule has 0 saturated carbocycles. The monoisotopic (exact) mass is 825 g/mol. The van der Waals surface area contributed by atoms with Crippen LogP contribution in [0.25, 0.3) is 67.2 Å². The normalized spacial score (nSPS) is 11.2. The van der Waals surface area contributed by atoms with Gasteiger partial charge in [-0.25, -0.2) is 27.5 Å². The van der Waals surface area contributed by atoms with E-state index in [4.69, 9.17) is 4.98 Å². The van der Waals surface area contributed by atoms with Crippen molar-refractivity contribution in [2.24, 2.45) is 0 Å². The van der Waals surface area contributed by atoms with Crippen molar-refractivity contribution in [3.8, 4) is 45.3 Å². The molecule has 62 heavy (non-hydrogen) atoms. The van der Waals surface area contributed by atoms with E-state index in [2.05, 4.69) is 39.9 Å². The molecular weight excluding hydrogens is 791 g/mol. The lowest BCUT2D eigenvalue weighted by atomic mass is 10.1. The highest BCUT2D eigenvalue weighted by Crippen LogP contribution is 2.33. The number of benzene rings is 4. The lowest BCUT2D eigenvalue weighted by molar-refractivity contribution is 0.490. The summed E-state index contributed by atoms with van der Waals surface area (Å²) in [5.41, 5.74) is 10.8. The third-order valence-corrected chi connectivity index (χ3v) is 10.2. The Bertz CT molecular complexity index is 3250. The summed E-state index contributed by atoms with van der Waals surface area (Å²) in [6, 6.07) is 35.1. The van der Waals surface area contributed by atoms with Gasteiger partial charge in [-0.3, -0.25) is 24.9 Å². The van der Waals surface area contributed by atoms with Crippen molar-refractivity contribution >= 4 is 21.9 Å². The lowest BCUT2D eigenvalue weighted by Gasteiger charge is -2.05. The van der Waals surface area contributed by atoms with Crippen molar-refractivity contribution in [1.29, 1.82) is 0 Å². The quantitative estimate of drug-likeness (QED) is 0.116. The number of imidazole rings is 2. The Morgan fingerprint density at radius 2 is 1.02 bits per heavy atom. The fraction of sp³-hybridized carbons (Fsp3) is 0.0816. The molecule has 0 bridgehead atoms. The van der Waals surface area contributed by atoms with Crippen LogP contribution < -0.4 is 0 Å². The number of nitrogens with one attached hydrogen (secondary N) is 2. The molecule has 6 aromatic heterocycles. The molecule has 0 aliphatic rings. The Labute approximate surface area is 352 Å². The van der Waals surface area contributed by atoms with Gasteiger partial charge in [0.25, 0.3) is 0 Å². The number of pyridine rings is 3. The number of rotatable bonds is 8. The fourth-order valence-corrected chi connectivity index (χ4v) is 7.20. The summed E-state index contributed by atoms with van der Waals surface area (Å²) in [4.78, 5) is 38.4. The van der Waals surface area contributed by atoms with Crippen LogP contribution in [-0.4, -0.2) is 44.9 Å². The average Bonchev–Trinajstić information content (AvgIpc) is 3.91. The molecule has 4 aromatic carbocycles. The highest BCUT2D eigenvalue weighted by molar-refractivity contribution is 5.87. The minimum atomic E-state index is -1.22. The van der Waals surface area contributed by atoms with Crippen LogP contribution in [0.2, 0.25) is 0 Å². The van der Waals surface area contributed by atoms with Gasteiger partial charge in [0.15, 0.2) is 11.6 Å². The van der Waals surface area contributed by atoms with Gasteiger partial charge in [0.2, 0.25) is 0 Å². The smallest absolute Gasteiger partial charge is 0.161 e. The molecule has 0 spiro atoms. The predicted molar refractivity (Wildman–Crippen MR) is 231 cm³/mol. The highest BCUT2D eigenvalue weighted by Gasteiger charge is 2.20. The second-order valence-electron chi connectivity index (χ2n) is 14.6. The minimum Gasteiger partial charge on any atom is -0.340 e. The maximum Gasteiger partial charge on any atom is 0.161 e. The third-order valence-electron chi connectivity index (χ3n) is 10.2. The summed E-state index contributed by atoms with van der Waals surface area (Å²) in [5.74, 6) is -2.31. The molecule has 2 N–H and O–H groups in total.